The molecule has 2 heterocycles. The van der Waals surface area contributed by atoms with Crippen molar-refractivity contribution in [2.75, 3.05) is 5.32 Å². The molecule has 1 aromatic carbocycles. The molecule has 0 bridgehead atoms. The number of pyridine rings is 1. The first-order chi connectivity index (χ1) is 11.1. The van der Waals surface area contributed by atoms with Crippen LogP contribution in [0.25, 0.3) is 10.9 Å². The lowest BCUT2D eigenvalue weighted by atomic mass is 10.1. The third-order valence-corrected chi connectivity index (χ3v) is 3.93. The van der Waals surface area contributed by atoms with E-state index in [0.29, 0.717) is 11.1 Å². The number of carbonyl (C=O) groups is 1. The number of carbonyl (C=O) groups excluding carboxylic acids is 1. The third kappa shape index (κ3) is 2.82. The average Bonchev–Trinajstić information content (AvgIpc) is 2.82. The molecule has 0 aliphatic carbocycles. The monoisotopic (exact) mass is 308 g/mol. The molecule has 0 saturated carbocycles. The van der Waals surface area contributed by atoms with E-state index in [1.165, 1.54) is 0 Å². The highest BCUT2D eigenvalue weighted by molar-refractivity contribution is 6.12. The van der Waals surface area contributed by atoms with Crippen LogP contribution in [-0.4, -0.2) is 20.7 Å². The number of hydrogen-bond donors (Lipinski definition) is 1. The van der Waals surface area contributed by atoms with E-state index < -0.39 is 0 Å². The van der Waals surface area contributed by atoms with Crippen molar-refractivity contribution >= 4 is 22.5 Å². The van der Waals surface area contributed by atoms with E-state index in [9.17, 15) is 4.79 Å². The van der Waals surface area contributed by atoms with Gasteiger partial charge in [-0.15, -0.1) is 0 Å². The highest BCUT2D eigenvalue weighted by Crippen LogP contribution is 2.22. The van der Waals surface area contributed by atoms with Gasteiger partial charge in [0.15, 0.2) is 0 Å². The zero-order valence-corrected chi connectivity index (χ0v) is 13.6. The zero-order valence-electron chi connectivity index (χ0n) is 13.6. The second-order valence-electron chi connectivity index (χ2n) is 5.60. The van der Waals surface area contributed by atoms with E-state index in [1.54, 1.807) is 12.3 Å². The van der Waals surface area contributed by atoms with Crippen LogP contribution in [0.5, 0.6) is 0 Å². The van der Waals surface area contributed by atoms with Gasteiger partial charge in [0.25, 0.3) is 5.91 Å². The summed E-state index contributed by atoms with van der Waals surface area (Å²) < 4.78 is 1.94. The molecule has 0 spiro atoms. The van der Waals surface area contributed by atoms with Gasteiger partial charge < -0.3 is 5.32 Å². The highest BCUT2D eigenvalue weighted by atomic mass is 16.1. The smallest absolute Gasteiger partial charge is 0.257 e. The second-order valence-corrected chi connectivity index (χ2v) is 5.60. The Bertz CT molecular complexity index is 861. The van der Waals surface area contributed by atoms with Gasteiger partial charge in [0.05, 0.1) is 28.2 Å². The molecule has 3 rings (SSSR count). The van der Waals surface area contributed by atoms with Crippen molar-refractivity contribution < 1.29 is 4.79 Å². The molecule has 0 aliphatic rings. The number of anilines is 1. The number of aromatic nitrogens is 3. The maximum absolute atomic E-state index is 12.7. The van der Waals surface area contributed by atoms with Crippen LogP contribution in [0.1, 0.15) is 35.1 Å². The molecule has 1 N–H and O–H groups in total. The predicted molar refractivity (Wildman–Crippen MR) is 91.7 cm³/mol. The minimum absolute atomic E-state index is 0.156. The number of hydrogen-bond acceptors (Lipinski definition) is 3. The first-order valence-electron chi connectivity index (χ1n) is 7.81. The number of amides is 1. The van der Waals surface area contributed by atoms with E-state index >= 15 is 0 Å². The summed E-state index contributed by atoms with van der Waals surface area (Å²) in [4.78, 5) is 17.1. The number of fused-ring (bicyclic) bond motifs is 1. The average molecular weight is 308 g/mol. The van der Waals surface area contributed by atoms with Gasteiger partial charge in [-0.1, -0.05) is 25.1 Å². The molecule has 0 unspecified atom stereocenters. The minimum Gasteiger partial charge on any atom is -0.319 e. The van der Waals surface area contributed by atoms with Crippen LogP contribution in [0.3, 0.4) is 0 Å². The number of para-hydroxylation sites is 1. The van der Waals surface area contributed by atoms with E-state index in [4.69, 9.17) is 0 Å². The van der Waals surface area contributed by atoms with E-state index in [0.717, 1.165) is 35.4 Å². The Labute approximate surface area is 135 Å². The molecule has 3 aromatic rings. The van der Waals surface area contributed by atoms with Crippen molar-refractivity contribution in [3.8, 4) is 0 Å². The Morgan fingerprint density at radius 3 is 2.78 bits per heavy atom. The summed E-state index contributed by atoms with van der Waals surface area (Å²) in [5, 5.41) is 8.45. The van der Waals surface area contributed by atoms with Crippen LogP contribution < -0.4 is 5.32 Å². The fourth-order valence-corrected chi connectivity index (χ4v) is 2.78. The van der Waals surface area contributed by atoms with Crippen LogP contribution in [0.2, 0.25) is 0 Å². The SMILES string of the molecule is CCCn1nc(C)c(NC(=O)c2cccc3cccnc23)c1C. The lowest BCUT2D eigenvalue weighted by molar-refractivity contribution is 0.102. The summed E-state index contributed by atoms with van der Waals surface area (Å²) in [5.41, 5.74) is 3.88. The topological polar surface area (TPSA) is 59.8 Å². The molecule has 0 fully saturated rings. The number of nitrogens with zero attached hydrogens (tertiary/aromatic N) is 3. The maximum Gasteiger partial charge on any atom is 0.257 e. The largest absolute Gasteiger partial charge is 0.319 e. The molecule has 0 radical (unpaired) electrons. The summed E-state index contributed by atoms with van der Waals surface area (Å²) in [6.45, 7) is 6.84. The van der Waals surface area contributed by atoms with E-state index in [2.05, 4.69) is 22.3 Å². The summed E-state index contributed by atoms with van der Waals surface area (Å²) >= 11 is 0. The summed E-state index contributed by atoms with van der Waals surface area (Å²) in [6, 6.07) is 9.45. The molecule has 0 atom stereocenters. The number of benzene rings is 1. The van der Waals surface area contributed by atoms with Gasteiger partial charge in [0, 0.05) is 18.1 Å². The second kappa shape index (κ2) is 6.20. The summed E-state index contributed by atoms with van der Waals surface area (Å²) in [6.07, 6.45) is 2.71. The lowest BCUT2D eigenvalue weighted by Gasteiger charge is -2.08. The van der Waals surface area contributed by atoms with Gasteiger partial charge in [-0.05, 0) is 32.4 Å². The van der Waals surface area contributed by atoms with Crippen molar-refractivity contribution in [1.29, 1.82) is 0 Å². The number of nitrogens with one attached hydrogen (secondary N) is 1. The fraction of sp³-hybridized carbons (Fsp3) is 0.278. The lowest BCUT2D eigenvalue weighted by Crippen LogP contribution is -2.14. The molecular weight excluding hydrogens is 288 g/mol. The molecule has 5 heteroatoms. The molecule has 0 saturated heterocycles. The van der Waals surface area contributed by atoms with Gasteiger partial charge in [0.1, 0.15) is 0 Å². The quantitative estimate of drug-likeness (QED) is 0.799. The predicted octanol–water partition coefficient (Wildman–Crippen LogP) is 3.71. The van der Waals surface area contributed by atoms with Crippen molar-refractivity contribution in [2.24, 2.45) is 0 Å². The van der Waals surface area contributed by atoms with Gasteiger partial charge >= 0.3 is 0 Å². The highest BCUT2D eigenvalue weighted by Gasteiger charge is 2.16. The fourth-order valence-electron chi connectivity index (χ4n) is 2.78. The third-order valence-electron chi connectivity index (χ3n) is 3.93. The van der Waals surface area contributed by atoms with Crippen LogP contribution >= 0.6 is 0 Å². The van der Waals surface area contributed by atoms with Gasteiger partial charge in [-0.2, -0.15) is 5.10 Å². The molecule has 0 aliphatic heterocycles. The first kappa shape index (κ1) is 15.2. The molecule has 23 heavy (non-hydrogen) atoms. The Kier molecular flexibility index (Phi) is 4.10. The van der Waals surface area contributed by atoms with Crippen molar-refractivity contribution in [1.82, 2.24) is 14.8 Å². The van der Waals surface area contributed by atoms with Crippen molar-refractivity contribution in [3.63, 3.8) is 0 Å². The standard InChI is InChI=1S/C18H20N4O/c1-4-11-22-13(3)16(12(2)21-22)20-18(23)15-9-5-7-14-8-6-10-19-17(14)15/h5-10H,4,11H2,1-3H3,(H,20,23). The molecular formula is C18H20N4O. The van der Waals surface area contributed by atoms with Gasteiger partial charge in [-0.3, -0.25) is 14.5 Å². The molecule has 5 nitrogen and oxygen atoms in total. The van der Waals surface area contributed by atoms with Crippen LogP contribution in [0.4, 0.5) is 5.69 Å². The summed E-state index contributed by atoms with van der Waals surface area (Å²) in [5.74, 6) is -0.156. The van der Waals surface area contributed by atoms with Crippen molar-refractivity contribution in [3.05, 3.63) is 53.5 Å². The van der Waals surface area contributed by atoms with Gasteiger partial charge in [-0.25, -0.2) is 0 Å². The summed E-state index contributed by atoms with van der Waals surface area (Å²) in [7, 11) is 0. The van der Waals surface area contributed by atoms with E-state index in [1.807, 2.05) is 42.8 Å². The molecule has 1 amide bonds. The first-order valence-corrected chi connectivity index (χ1v) is 7.81. The minimum atomic E-state index is -0.156. The van der Waals surface area contributed by atoms with Crippen LogP contribution in [0, 0.1) is 13.8 Å². The normalized spacial score (nSPS) is 10.9. The Balaban J connectivity index is 1.96. The van der Waals surface area contributed by atoms with E-state index in [-0.39, 0.29) is 5.91 Å². The number of rotatable bonds is 4. The zero-order chi connectivity index (χ0) is 16.4. The maximum atomic E-state index is 12.7. The van der Waals surface area contributed by atoms with Crippen molar-refractivity contribution in [2.45, 2.75) is 33.7 Å². The number of aryl methyl sites for hydroxylation is 2. The molecule has 118 valence electrons. The Hall–Kier alpha value is -2.69. The Morgan fingerprint density at radius 2 is 2.00 bits per heavy atom. The van der Waals surface area contributed by atoms with Gasteiger partial charge in [0.2, 0.25) is 0 Å². The molecule has 2 aromatic heterocycles. The van der Waals surface area contributed by atoms with Crippen LogP contribution in [-0.2, 0) is 6.54 Å². The Morgan fingerprint density at radius 1 is 1.22 bits per heavy atom. The van der Waals surface area contributed by atoms with Crippen LogP contribution in [0.15, 0.2) is 36.5 Å².